The Bertz CT molecular complexity index is 645. The molecule has 0 atom stereocenters. The number of halogens is 1. The van der Waals surface area contributed by atoms with Gasteiger partial charge in [-0.05, 0) is 29.8 Å². The lowest BCUT2D eigenvalue weighted by Gasteiger charge is -1.98. The predicted octanol–water partition coefficient (Wildman–Crippen LogP) is 3.49. The molecule has 0 amide bonds. The van der Waals surface area contributed by atoms with Crippen LogP contribution in [0, 0.1) is 5.82 Å². The highest BCUT2D eigenvalue weighted by Gasteiger charge is 2.26. The molecule has 18 heavy (non-hydrogen) atoms. The molecule has 2 aromatic carbocycles. The molecule has 0 aliphatic carbocycles. The molecule has 1 heterocycles. The van der Waals surface area contributed by atoms with Gasteiger partial charge in [0.05, 0.1) is 5.56 Å². The van der Waals surface area contributed by atoms with Crippen molar-refractivity contribution in [1.82, 2.24) is 0 Å². The second-order valence-corrected chi connectivity index (χ2v) is 4.00. The molecule has 0 fully saturated rings. The van der Waals surface area contributed by atoms with Crippen molar-refractivity contribution in [1.29, 1.82) is 0 Å². The predicted molar refractivity (Wildman–Crippen MR) is 66.1 cm³/mol. The van der Waals surface area contributed by atoms with E-state index in [9.17, 15) is 9.18 Å². The van der Waals surface area contributed by atoms with Crippen LogP contribution < -0.4 is 0 Å². The second-order valence-electron chi connectivity index (χ2n) is 4.00. The highest BCUT2D eigenvalue weighted by molar-refractivity contribution is 6.05. The Morgan fingerprint density at radius 3 is 2.56 bits per heavy atom. The van der Waals surface area contributed by atoms with Crippen LogP contribution >= 0.6 is 0 Å². The van der Waals surface area contributed by atoms with Gasteiger partial charge in [-0.1, -0.05) is 30.3 Å². The number of carbonyl (C=O) groups is 1. The van der Waals surface area contributed by atoms with Gasteiger partial charge in [0.1, 0.15) is 11.6 Å². The number of hydrogen-bond acceptors (Lipinski definition) is 2. The van der Waals surface area contributed by atoms with E-state index in [0.717, 1.165) is 5.56 Å². The van der Waals surface area contributed by atoms with Gasteiger partial charge in [0.15, 0.2) is 0 Å². The number of hydrogen-bond donors (Lipinski definition) is 0. The Morgan fingerprint density at radius 1 is 1.00 bits per heavy atom. The number of carbonyl (C=O) groups excluding carboxylic acids is 1. The largest absolute Gasteiger partial charge is 0.422 e. The summed E-state index contributed by atoms with van der Waals surface area (Å²) in [7, 11) is 0. The summed E-state index contributed by atoms with van der Waals surface area (Å²) in [6, 6.07) is 13.6. The third kappa shape index (κ3) is 1.80. The van der Waals surface area contributed by atoms with Gasteiger partial charge in [-0.3, -0.25) is 0 Å². The maximum atomic E-state index is 13.1. The number of benzene rings is 2. The van der Waals surface area contributed by atoms with Crippen LogP contribution in [0.5, 0.6) is 0 Å². The lowest BCUT2D eigenvalue weighted by molar-refractivity contribution is 0.0716. The molecule has 0 N–H and O–H groups in total. The number of rotatable bonds is 1. The Labute approximate surface area is 103 Å². The fraction of sp³-hybridized carbons (Fsp3) is 0. The highest BCUT2D eigenvalue weighted by atomic mass is 19.1. The van der Waals surface area contributed by atoms with Crippen molar-refractivity contribution in [2.75, 3.05) is 0 Å². The van der Waals surface area contributed by atoms with Gasteiger partial charge in [-0.15, -0.1) is 0 Å². The minimum absolute atomic E-state index is 0.275. The SMILES string of the molecule is O=C1O/C(=C\c2ccccc2)c2ccc(F)cc21. The van der Waals surface area contributed by atoms with Crippen LogP contribution in [-0.4, -0.2) is 5.97 Å². The van der Waals surface area contributed by atoms with E-state index in [1.807, 2.05) is 30.3 Å². The summed E-state index contributed by atoms with van der Waals surface area (Å²) in [6.45, 7) is 0. The van der Waals surface area contributed by atoms with E-state index in [1.165, 1.54) is 12.1 Å². The van der Waals surface area contributed by atoms with E-state index in [2.05, 4.69) is 0 Å². The van der Waals surface area contributed by atoms with Crippen molar-refractivity contribution >= 4 is 17.8 Å². The van der Waals surface area contributed by atoms with Crippen LogP contribution in [0.2, 0.25) is 0 Å². The van der Waals surface area contributed by atoms with Crippen molar-refractivity contribution < 1.29 is 13.9 Å². The van der Waals surface area contributed by atoms with Crippen LogP contribution in [-0.2, 0) is 4.74 Å². The van der Waals surface area contributed by atoms with Crippen molar-refractivity contribution in [3.8, 4) is 0 Å². The molecular formula is C15H9FO2. The van der Waals surface area contributed by atoms with Gasteiger partial charge >= 0.3 is 5.97 Å². The topological polar surface area (TPSA) is 26.3 Å². The standard InChI is InChI=1S/C15H9FO2/c16-11-6-7-12-13(9-11)15(17)18-14(12)8-10-4-2-1-3-5-10/h1-9H/b14-8-. The number of ether oxygens (including phenoxy) is 1. The van der Waals surface area contributed by atoms with E-state index < -0.39 is 11.8 Å². The number of cyclic esters (lactones) is 1. The first kappa shape index (κ1) is 10.7. The van der Waals surface area contributed by atoms with Gasteiger partial charge in [-0.25, -0.2) is 9.18 Å². The summed E-state index contributed by atoms with van der Waals surface area (Å²) >= 11 is 0. The Hall–Kier alpha value is -2.42. The maximum absolute atomic E-state index is 13.1. The molecule has 88 valence electrons. The Balaban J connectivity index is 2.08. The molecule has 2 aromatic rings. The van der Waals surface area contributed by atoms with Crippen LogP contribution in [0.4, 0.5) is 4.39 Å². The van der Waals surface area contributed by atoms with E-state index in [1.54, 1.807) is 12.1 Å². The molecule has 0 unspecified atom stereocenters. The second kappa shape index (κ2) is 4.11. The van der Waals surface area contributed by atoms with Crippen molar-refractivity contribution in [3.05, 3.63) is 71.0 Å². The lowest BCUT2D eigenvalue weighted by atomic mass is 10.1. The third-order valence-electron chi connectivity index (χ3n) is 2.77. The molecule has 0 saturated heterocycles. The summed E-state index contributed by atoms with van der Waals surface area (Å²) in [6.07, 6.45) is 1.77. The summed E-state index contributed by atoms with van der Waals surface area (Å²) in [5, 5.41) is 0. The average molecular weight is 240 g/mol. The Morgan fingerprint density at radius 2 is 1.78 bits per heavy atom. The van der Waals surface area contributed by atoms with Gasteiger partial charge in [-0.2, -0.15) is 0 Å². The smallest absolute Gasteiger partial charge is 0.344 e. The van der Waals surface area contributed by atoms with Crippen LogP contribution in [0.1, 0.15) is 21.5 Å². The summed E-state index contributed by atoms with van der Waals surface area (Å²) < 4.78 is 18.2. The fourth-order valence-corrected chi connectivity index (χ4v) is 1.92. The van der Waals surface area contributed by atoms with Gasteiger partial charge in [0.25, 0.3) is 0 Å². The molecule has 0 saturated carbocycles. The first-order valence-electron chi connectivity index (χ1n) is 5.53. The van der Waals surface area contributed by atoms with E-state index >= 15 is 0 Å². The minimum Gasteiger partial charge on any atom is -0.422 e. The van der Waals surface area contributed by atoms with Crippen molar-refractivity contribution in [3.63, 3.8) is 0 Å². The normalized spacial score (nSPS) is 15.6. The van der Waals surface area contributed by atoms with Crippen LogP contribution in [0.25, 0.3) is 11.8 Å². The molecule has 0 aromatic heterocycles. The minimum atomic E-state index is -0.508. The first-order chi connectivity index (χ1) is 8.74. The average Bonchev–Trinajstić information content (AvgIpc) is 2.67. The van der Waals surface area contributed by atoms with E-state index in [4.69, 9.17) is 4.74 Å². The molecule has 2 nitrogen and oxygen atoms in total. The van der Waals surface area contributed by atoms with Crippen molar-refractivity contribution in [2.45, 2.75) is 0 Å². The third-order valence-corrected chi connectivity index (χ3v) is 2.77. The molecular weight excluding hydrogens is 231 g/mol. The van der Waals surface area contributed by atoms with Gasteiger partial charge < -0.3 is 4.74 Å². The first-order valence-corrected chi connectivity index (χ1v) is 5.53. The van der Waals surface area contributed by atoms with Gasteiger partial charge in [0, 0.05) is 5.56 Å². The fourth-order valence-electron chi connectivity index (χ4n) is 1.92. The molecule has 1 aliphatic heterocycles. The zero-order chi connectivity index (χ0) is 12.5. The lowest BCUT2D eigenvalue weighted by Crippen LogP contribution is -1.93. The molecule has 3 heteroatoms. The van der Waals surface area contributed by atoms with Crippen molar-refractivity contribution in [2.24, 2.45) is 0 Å². The quantitative estimate of drug-likeness (QED) is 0.713. The zero-order valence-corrected chi connectivity index (χ0v) is 9.39. The Kier molecular flexibility index (Phi) is 2.45. The molecule has 3 rings (SSSR count). The van der Waals surface area contributed by atoms with Crippen LogP contribution in [0.15, 0.2) is 48.5 Å². The summed E-state index contributed by atoms with van der Waals surface area (Å²) in [4.78, 5) is 11.6. The number of fused-ring (bicyclic) bond motifs is 1. The summed E-state index contributed by atoms with van der Waals surface area (Å²) in [5.74, 6) is -0.487. The maximum Gasteiger partial charge on any atom is 0.344 e. The molecule has 0 spiro atoms. The molecule has 0 radical (unpaired) electrons. The monoisotopic (exact) mass is 240 g/mol. The number of esters is 1. The van der Waals surface area contributed by atoms with E-state index in [-0.39, 0.29) is 5.56 Å². The molecule has 0 bridgehead atoms. The van der Waals surface area contributed by atoms with Gasteiger partial charge in [0.2, 0.25) is 0 Å². The van der Waals surface area contributed by atoms with E-state index in [0.29, 0.717) is 11.3 Å². The highest BCUT2D eigenvalue weighted by Crippen LogP contribution is 2.31. The zero-order valence-electron chi connectivity index (χ0n) is 9.39. The van der Waals surface area contributed by atoms with Crippen LogP contribution in [0.3, 0.4) is 0 Å². The summed E-state index contributed by atoms with van der Waals surface area (Å²) in [5.41, 5.74) is 1.83. The molecule has 1 aliphatic rings.